The molecule has 1 rings (SSSR count). The van der Waals surface area contributed by atoms with Gasteiger partial charge in [0.15, 0.2) is 0 Å². The monoisotopic (exact) mass is 215 g/mol. The van der Waals surface area contributed by atoms with Crippen molar-refractivity contribution in [3.63, 3.8) is 0 Å². The van der Waals surface area contributed by atoms with Crippen LogP contribution in [-0.2, 0) is 9.53 Å². The molecule has 0 aromatic carbocycles. The Kier molecular flexibility index (Phi) is 4.54. The van der Waals surface area contributed by atoms with E-state index in [4.69, 9.17) is 9.84 Å². The van der Waals surface area contributed by atoms with Gasteiger partial charge < -0.3 is 9.84 Å². The maximum Gasteiger partial charge on any atom is 0.320 e. The normalized spacial score (nSPS) is 30.1. The second-order valence-electron chi connectivity index (χ2n) is 4.35. The molecule has 3 atom stereocenters. The Morgan fingerprint density at radius 3 is 2.40 bits per heavy atom. The van der Waals surface area contributed by atoms with Gasteiger partial charge in [0.2, 0.25) is 0 Å². The Hall–Kier alpha value is -0.610. The van der Waals surface area contributed by atoms with Crippen molar-refractivity contribution in [3.05, 3.63) is 0 Å². The molecule has 0 radical (unpaired) electrons. The summed E-state index contributed by atoms with van der Waals surface area (Å²) in [6.45, 7) is 7.45. The summed E-state index contributed by atoms with van der Waals surface area (Å²) >= 11 is 0. The maximum absolute atomic E-state index is 11.1. The lowest BCUT2D eigenvalue weighted by molar-refractivity contribution is -0.149. The van der Waals surface area contributed by atoms with Crippen molar-refractivity contribution in [2.24, 2.45) is 0 Å². The van der Waals surface area contributed by atoms with Gasteiger partial charge in [0, 0.05) is 13.1 Å². The van der Waals surface area contributed by atoms with E-state index < -0.39 is 5.97 Å². The van der Waals surface area contributed by atoms with E-state index in [1.165, 1.54) is 0 Å². The second-order valence-corrected chi connectivity index (χ2v) is 4.35. The van der Waals surface area contributed by atoms with E-state index in [2.05, 4.69) is 0 Å². The lowest BCUT2D eigenvalue weighted by atomic mass is 10.1. The molecule has 0 aromatic heterocycles. The molecule has 88 valence electrons. The number of carbonyl (C=O) groups is 1. The van der Waals surface area contributed by atoms with Gasteiger partial charge in [-0.25, -0.2) is 0 Å². The van der Waals surface area contributed by atoms with Crippen molar-refractivity contribution in [1.82, 2.24) is 4.90 Å². The fourth-order valence-electron chi connectivity index (χ4n) is 2.21. The standard InChI is InChI=1S/C11H21NO3/c1-4-5-10(11(13)14)12-6-8(2)15-9(3)7-12/h8-10H,4-7H2,1-3H3,(H,13,14)/t8-,9+,10?. The highest BCUT2D eigenvalue weighted by atomic mass is 16.5. The summed E-state index contributed by atoms with van der Waals surface area (Å²) < 4.78 is 5.59. The third-order valence-electron chi connectivity index (χ3n) is 2.74. The maximum atomic E-state index is 11.1. The number of carboxylic acids is 1. The van der Waals surface area contributed by atoms with Gasteiger partial charge in [0.25, 0.3) is 0 Å². The van der Waals surface area contributed by atoms with E-state index in [0.29, 0.717) is 0 Å². The minimum absolute atomic E-state index is 0.132. The third-order valence-corrected chi connectivity index (χ3v) is 2.74. The molecule has 4 nitrogen and oxygen atoms in total. The van der Waals surface area contributed by atoms with Crippen LogP contribution in [0.5, 0.6) is 0 Å². The zero-order valence-electron chi connectivity index (χ0n) is 9.77. The molecule has 0 aliphatic carbocycles. The van der Waals surface area contributed by atoms with Crippen molar-refractivity contribution in [2.45, 2.75) is 51.9 Å². The molecular formula is C11H21NO3. The molecule has 1 fully saturated rings. The first-order chi connectivity index (χ1) is 7.04. The molecule has 15 heavy (non-hydrogen) atoms. The van der Waals surface area contributed by atoms with Gasteiger partial charge in [-0.05, 0) is 20.3 Å². The summed E-state index contributed by atoms with van der Waals surface area (Å²) in [5, 5.41) is 9.15. The average molecular weight is 215 g/mol. The Balaban J connectivity index is 2.61. The number of carboxylic acid groups (broad SMARTS) is 1. The zero-order valence-corrected chi connectivity index (χ0v) is 9.77. The van der Waals surface area contributed by atoms with Crippen molar-refractivity contribution in [2.75, 3.05) is 13.1 Å². The minimum Gasteiger partial charge on any atom is -0.480 e. The highest BCUT2D eigenvalue weighted by Crippen LogP contribution is 2.16. The van der Waals surface area contributed by atoms with Crippen LogP contribution in [0.15, 0.2) is 0 Å². The quantitative estimate of drug-likeness (QED) is 0.769. The van der Waals surface area contributed by atoms with E-state index >= 15 is 0 Å². The van der Waals surface area contributed by atoms with Crippen LogP contribution in [0.3, 0.4) is 0 Å². The van der Waals surface area contributed by atoms with Gasteiger partial charge in [-0.1, -0.05) is 13.3 Å². The van der Waals surface area contributed by atoms with Crippen LogP contribution in [0, 0.1) is 0 Å². The van der Waals surface area contributed by atoms with Gasteiger partial charge in [0.1, 0.15) is 6.04 Å². The van der Waals surface area contributed by atoms with Gasteiger partial charge in [0.05, 0.1) is 12.2 Å². The predicted octanol–water partition coefficient (Wildman–Crippen LogP) is 1.35. The van der Waals surface area contributed by atoms with Crippen LogP contribution < -0.4 is 0 Å². The summed E-state index contributed by atoms with van der Waals surface area (Å²) in [7, 11) is 0. The molecule has 0 amide bonds. The number of nitrogens with zero attached hydrogens (tertiary/aromatic N) is 1. The van der Waals surface area contributed by atoms with E-state index in [9.17, 15) is 4.79 Å². The van der Waals surface area contributed by atoms with Crippen molar-refractivity contribution in [3.8, 4) is 0 Å². The third kappa shape index (κ3) is 3.47. The van der Waals surface area contributed by atoms with E-state index in [-0.39, 0.29) is 18.2 Å². The first-order valence-electron chi connectivity index (χ1n) is 5.67. The molecule has 1 saturated heterocycles. The smallest absolute Gasteiger partial charge is 0.320 e. The molecule has 0 aromatic rings. The lowest BCUT2D eigenvalue weighted by Crippen LogP contribution is -2.52. The summed E-state index contributed by atoms with van der Waals surface area (Å²) in [6, 6.07) is -0.344. The van der Waals surface area contributed by atoms with Gasteiger partial charge in [-0.2, -0.15) is 0 Å². The van der Waals surface area contributed by atoms with Crippen LogP contribution in [-0.4, -0.2) is 47.3 Å². The minimum atomic E-state index is -0.710. The molecule has 0 spiro atoms. The molecule has 1 heterocycles. The fraction of sp³-hybridized carbons (Fsp3) is 0.909. The lowest BCUT2D eigenvalue weighted by Gasteiger charge is -2.38. The molecule has 1 aliphatic rings. The highest BCUT2D eigenvalue weighted by molar-refractivity contribution is 5.73. The average Bonchev–Trinajstić information content (AvgIpc) is 2.11. The predicted molar refractivity (Wildman–Crippen MR) is 57.9 cm³/mol. The summed E-state index contributed by atoms with van der Waals surface area (Å²) in [4.78, 5) is 13.2. The van der Waals surface area contributed by atoms with Crippen LogP contribution in [0.25, 0.3) is 0 Å². The molecule has 1 aliphatic heterocycles. The summed E-state index contributed by atoms with van der Waals surface area (Å²) in [5.41, 5.74) is 0. The zero-order chi connectivity index (χ0) is 11.4. The van der Waals surface area contributed by atoms with Crippen LogP contribution in [0.2, 0.25) is 0 Å². The molecule has 0 saturated carbocycles. The fourth-order valence-corrected chi connectivity index (χ4v) is 2.21. The van der Waals surface area contributed by atoms with Crippen molar-refractivity contribution < 1.29 is 14.6 Å². The van der Waals surface area contributed by atoms with Crippen LogP contribution in [0.1, 0.15) is 33.6 Å². The van der Waals surface area contributed by atoms with Crippen LogP contribution >= 0.6 is 0 Å². The van der Waals surface area contributed by atoms with Gasteiger partial charge in [-0.3, -0.25) is 9.69 Å². The van der Waals surface area contributed by atoms with Crippen LogP contribution in [0.4, 0.5) is 0 Å². The van der Waals surface area contributed by atoms with E-state index in [1.54, 1.807) is 0 Å². The number of rotatable bonds is 4. The number of hydrogen-bond donors (Lipinski definition) is 1. The Morgan fingerprint density at radius 2 is 2.00 bits per heavy atom. The second kappa shape index (κ2) is 5.47. The Labute approximate surface area is 91.2 Å². The molecule has 4 heteroatoms. The number of hydrogen-bond acceptors (Lipinski definition) is 3. The van der Waals surface area contributed by atoms with Gasteiger partial charge in [-0.15, -0.1) is 0 Å². The Morgan fingerprint density at radius 1 is 1.47 bits per heavy atom. The van der Waals surface area contributed by atoms with E-state index in [1.807, 2.05) is 25.7 Å². The molecular weight excluding hydrogens is 194 g/mol. The topological polar surface area (TPSA) is 49.8 Å². The number of ether oxygens (including phenoxy) is 1. The van der Waals surface area contributed by atoms with Crippen molar-refractivity contribution >= 4 is 5.97 Å². The number of aliphatic carboxylic acids is 1. The summed E-state index contributed by atoms with van der Waals surface area (Å²) in [6.07, 6.45) is 1.88. The summed E-state index contributed by atoms with van der Waals surface area (Å²) in [5.74, 6) is -0.710. The molecule has 1 unspecified atom stereocenters. The van der Waals surface area contributed by atoms with Gasteiger partial charge >= 0.3 is 5.97 Å². The van der Waals surface area contributed by atoms with E-state index in [0.717, 1.165) is 25.9 Å². The molecule has 1 N–H and O–H groups in total. The Bertz CT molecular complexity index is 210. The van der Waals surface area contributed by atoms with Crippen molar-refractivity contribution in [1.29, 1.82) is 0 Å². The highest BCUT2D eigenvalue weighted by Gasteiger charge is 2.31. The first kappa shape index (κ1) is 12.5. The largest absolute Gasteiger partial charge is 0.480 e. The molecule has 0 bridgehead atoms. The SMILES string of the molecule is CCCC(C(=O)O)N1C[C@@H](C)O[C@@H](C)C1. The number of morpholine rings is 1. The first-order valence-corrected chi connectivity index (χ1v) is 5.67.